The van der Waals surface area contributed by atoms with Crippen LogP contribution in [0.2, 0.25) is 0 Å². The fourth-order valence-corrected chi connectivity index (χ4v) is 1.08. The highest BCUT2D eigenvalue weighted by Crippen LogP contribution is 2.05. The van der Waals surface area contributed by atoms with Crippen molar-refractivity contribution >= 4 is 11.7 Å². The van der Waals surface area contributed by atoms with Gasteiger partial charge < -0.3 is 0 Å². The fourth-order valence-electron chi connectivity index (χ4n) is 1.08. The second-order valence-electron chi connectivity index (χ2n) is 3.18. The Kier molecular flexibility index (Phi) is 6.07. The molecule has 0 heterocycles. The van der Waals surface area contributed by atoms with Crippen LogP contribution >= 0.6 is 0 Å². The van der Waals surface area contributed by atoms with Gasteiger partial charge in [0.2, 0.25) is 0 Å². The molecule has 5 nitrogen and oxygen atoms in total. The Labute approximate surface area is 83.8 Å². The van der Waals surface area contributed by atoms with E-state index in [0.717, 1.165) is 0 Å². The molecule has 0 saturated heterocycles. The van der Waals surface area contributed by atoms with Gasteiger partial charge in [0.15, 0.2) is 5.78 Å². The van der Waals surface area contributed by atoms with Crippen LogP contribution in [0.4, 0.5) is 0 Å². The molecule has 0 aromatic heterocycles. The number of amides is 1. The summed E-state index contributed by atoms with van der Waals surface area (Å²) in [6.07, 6.45) is 0.680. The third kappa shape index (κ3) is 3.43. The van der Waals surface area contributed by atoms with Crippen LogP contribution in [0.1, 0.15) is 27.2 Å². The van der Waals surface area contributed by atoms with Crippen LogP contribution in [0.3, 0.4) is 0 Å². The molecular weight excluding hydrogens is 184 g/mol. The number of hydrogen-bond donors (Lipinski definition) is 3. The van der Waals surface area contributed by atoms with Crippen LogP contribution < -0.4 is 10.8 Å². The number of carbonyl (C=O) groups excluding carboxylic acids is 2. The molecule has 1 amide bonds. The van der Waals surface area contributed by atoms with Crippen molar-refractivity contribution in [2.45, 2.75) is 33.2 Å². The lowest BCUT2D eigenvalue weighted by atomic mass is 9.97. The summed E-state index contributed by atoms with van der Waals surface area (Å²) in [6, 6.07) is -0.944. The molecule has 5 heteroatoms. The van der Waals surface area contributed by atoms with Crippen molar-refractivity contribution in [3.8, 4) is 0 Å². The smallest absolute Gasteiger partial charge is 0.268 e. The van der Waals surface area contributed by atoms with Crippen molar-refractivity contribution < 1.29 is 14.8 Å². The second-order valence-corrected chi connectivity index (χ2v) is 3.18. The van der Waals surface area contributed by atoms with Gasteiger partial charge in [-0.3, -0.25) is 20.1 Å². The molecule has 0 bridgehead atoms. The van der Waals surface area contributed by atoms with Crippen LogP contribution in [0.25, 0.3) is 0 Å². The van der Waals surface area contributed by atoms with Gasteiger partial charge >= 0.3 is 0 Å². The molecule has 0 radical (unpaired) electrons. The Morgan fingerprint density at radius 2 is 1.93 bits per heavy atom. The number of ketones is 1. The Morgan fingerprint density at radius 3 is 2.29 bits per heavy atom. The van der Waals surface area contributed by atoms with Crippen molar-refractivity contribution in [3.05, 3.63) is 0 Å². The van der Waals surface area contributed by atoms with Gasteiger partial charge in [-0.1, -0.05) is 20.8 Å². The molecule has 2 atom stereocenters. The number of carbonyl (C=O) groups is 2. The van der Waals surface area contributed by atoms with E-state index in [9.17, 15) is 9.59 Å². The summed E-state index contributed by atoms with van der Waals surface area (Å²) in [6.45, 7) is 5.93. The fraction of sp³-hybridized carbons (Fsp3) is 0.778. The zero-order valence-electron chi connectivity index (χ0n) is 8.83. The maximum atomic E-state index is 11.6. The molecule has 0 rings (SSSR count). The lowest BCUT2D eigenvalue weighted by molar-refractivity contribution is -0.138. The van der Waals surface area contributed by atoms with E-state index < -0.39 is 11.9 Å². The first kappa shape index (κ1) is 13.1. The summed E-state index contributed by atoms with van der Waals surface area (Å²) < 4.78 is 0. The summed E-state index contributed by atoms with van der Waals surface area (Å²) in [7, 11) is 0. The predicted octanol–water partition coefficient (Wildman–Crippen LogP) is 0.0851. The molecule has 0 saturated carbocycles. The molecule has 0 aliphatic heterocycles. The van der Waals surface area contributed by atoms with E-state index in [1.807, 2.05) is 6.92 Å². The highest BCUT2D eigenvalue weighted by molar-refractivity contribution is 6.05. The highest BCUT2D eigenvalue weighted by atomic mass is 16.5. The van der Waals surface area contributed by atoms with Gasteiger partial charge in [0.05, 0.1) is 0 Å². The molecule has 82 valence electrons. The lowest BCUT2D eigenvalue weighted by Crippen LogP contribution is -2.50. The summed E-state index contributed by atoms with van der Waals surface area (Å²) in [4.78, 5) is 22.7. The van der Waals surface area contributed by atoms with Gasteiger partial charge in [-0.05, 0) is 13.0 Å². The monoisotopic (exact) mass is 202 g/mol. The summed E-state index contributed by atoms with van der Waals surface area (Å²) in [5, 5.41) is 11.2. The first-order valence-corrected chi connectivity index (χ1v) is 4.79. The summed E-state index contributed by atoms with van der Waals surface area (Å²) in [5.74, 6) is -1.07. The molecule has 0 aliphatic rings. The van der Waals surface area contributed by atoms with E-state index in [2.05, 4.69) is 5.32 Å². The molecule has 0 fully saturated rings. The van der Waals surface area contributed by atoms with Crippen LogP contribution in [-0.2, 0) is 9.59 Å². The Hall–Kier alpha value is -0.940. The number of likely N-dealkylation sites (N-methyl/N-ethyl adjacent to an activating group) is 1. The molecule has 2 unspecified atom stereocenters. The van der Waals surface area contributed by atoms with Gasteiger partial charge in [-0.25, -0.2) is 5.48 Å². The van der Waals surface area contributed by atoms with Crippen LogP contribution in [0.15, 0.2) is 0 Å². The van der Waals surface area contributed by atoms with Crippen molar-refractivity contribution in [3.63, 3.8) is 0 Å². The number of rotatable bonds is 6. The van der Waals surface area contributed by atoms with Crippen molar-refractivity contribution in [1.82, 2.24) is 10.8 Å². The van der Waals surface area contributed by atoms with E-state index in [1.165, 1.54) is 5.48 Å². The van der Waals surface area contributed by atoms with Gasteiger partial charge in [-0.2, -0.15) is 0 Å². The SMILES string of the molecule is CCNC(C(=O)NO)C(=O)C(C)CC. The number of hydrogen-bond acceptors (Lipinski definition) is 4. The average Bonchev–Trinajstić information content (AvgIpc) is 2.22. The second kappa shape index (κ2) is 6.50. The van der Waals surface area contributed by atoms with Gasteiger partial charge in [0, 0.05) is 5.92 Å². The van der Waals surface area contributed by atoms with E-state index >= 15 is 0 Å². The highest BCUT2D eigenvalue weighted by Gasteiger charge is 2.28. The van der Waals surface area contributed by atoms with Gasteiger partial charge in [0.25, 0.3) is 5.91 Å². The summed E-state index contributed by atoms with van der Waals surface area (Å²) >= 11 is 0. The zero-order chi connectivity index (χ0) is 11.1. The predicted molar refractivity (Wildman–Crippen MR) is 51.9 cm³/mol. The minimum absolute atomic E-state index is 0.184. The quantitative estimate of drug-likeness (QED) is 0.324. The molecule has 0 aliphatic carbocycles. The van der Waals surface area contributed by atoms with Crippen LogP contribution in [0.5, 0.6) is 0 Å². The van der Waals surface area contributed by atoms with E-state index in [-0.39, 0.29) is 11.7 Å². The Morgan fingerprint density at radius 1 is 1.36 bits per heavy atom. The van der Waals surface area contributed by atoms with Gasteiger partial charge in [-0.15, -0.1) is 0 Å². The van der Waals surface area contributed by atoms with Crippen molar-refractivity contribution in [2.75, 3.05) is 6.54 Å². The van der Waals surface area contributed by atoms with Crippen LogP contribution in [0, 0.1) is 5.92 Å². The molecule has 3 N–H and O–H groups in total. The minimum atomic E-state index is -0.944. The molecule has 0 aromatic rings. The van der Waals surface area contributed by atoms with Crippen LogP contribution in [-0.4, -0.2) is 29.5 Å². The van der Waals surface area contributed by atoms with E-state index in [1.54, 1.807) is 13.8 Å². The third-order valence-electron chi connectivity index (χ3n) is 2.16. The maximum Gasteiger partial charge on any atom is 0.268 e. The molecular formula is C9H18N2O3. The average molecular weight is 202 g/mol. The Balaban J connectivity index is 4.48. The topological polar surface area (TPSA) is 78.4 Å². The number of hydroxylamine groups is 1. The van der Waals surface area contributed by atoms with Crippen molar-refractivity contribution in [2.24, 2.45) is 5.92 Å². The molecule has 14 heavy (non-hydrogen) atoms. The molecule has 0 spiro atoms. The van der Waals surface area contributed by atoms with Crippen molar-refractivity contribution in [1.29, 1.82) is 0 Å². The van der Waals surface area contributed by atoms with E-state index in [0.29, 0.717) is 13.0 Å². The zero-order valence-corrected chi connectivity index (χ0v) is 8.83. The molecule has 0 aromatic carbocycles. The Bertz CT molecular complexity index is 206. The normalized spacial score (nSPS) is 14.6. The maximum absolute atomic E-state index is 11.6. The lowest BCUT2D eigenvalue weighted by Gasteiger charge is -2.17. The first-order valence-electron chi connectivity index (χ1n) is 4.79. The largest absolute Gasteiger partial charge is 0.300 e. The third-order valence-corrected chi connectivity index (χ3v) is 2.16. The van der Waals surface area contributed by atoms with E-state index in [4.69, 9.17) is 5.21 Å². The number of nitrogens with one attached hydrogen (secondary N) is 2. The minimum Gasteiger partial charge on any atom is -0.300 e. The van der Waals surface area contributed by atoms with Gasteiger partial charge in [0.1, 0.15) is 6.04 Å². The standard InChI is InChI=1S/C9H18N2O3/c1-4-6(3)8(12)7(10-5-2)9(13)11-14/h6-7,10,14H,4-5H2,1-3H3,(H,11,13). The first-order chi connectivity index (χ1) is 6.58. The summed E-state index contributed by atoms with van der Waals surface area (Å²) in [5.41, 5.74) is 1.49. The number of Topliss-reactive ketones (excluding diaryl/α,β-unsaturated/α-hetero) is 1.